The Morgan fingerprint density at radius 3 is 3.00 bits per heavy atom. The van der Waals surface area contributed by atoms with Gasteiger partial charge in [-0.1, -0.05) is 0 Å². The van der Waals surface area contributed by atoms with E-state index in [-0.39, 0.29) is 11.6 Å². The van der Waals surface area contributed by atoms with Gasteiger partial charge in [0.1, 0.15) is 5.65 Å². The van der Waals surface area contributed by atoms with Gasteiger partial charge in [0, 0.05) is 17.7 Å². The van der Waals surface area contributed by atoms with Gasteiger partial charge in [0.05, 0.1) is 5.39 Å². The average molecular weight is 255 g/mol. The van der Waals surface area contributed by atoms with Gasteiger partial charge in [0.2, 0.25) is 5.88 Å². The molecule has 72 valence electrons. The van der Waals surface area contributed by atoms with Crippen molar-refractivity contribution in [3.05, 3.63) is 16.7 Å². The first-order valence-corrected chi connectivity index (χ1v) is 4.65. The minimum atomic E-state index is -0.0411. The molecule has 0 unspecified atom stereocenters. The summed E-state index contributed by atoms with van der Waals surface area (Å²) >= 11 is 3.27. The van der Waals surface area contributed by atoms with Crippen LogP contribution in [0.5, 0.6) is 5.88 Å². The highest BCUT2D eigenvalue weighted by Gasteiger charge is 2.14. The zero-order valence-corrected chi connectivity index (χ0v) is 8.91. The van der Waals surface area contributed by atoms with Crippen LogP contribution < -0.4 is 0 Å². The molecule has 0 amide bonds. The minimum absolute atomic E-state index is 0.0411. The highest BCUT2D eigenvalue weighted by atomic mass is 79.9. The predicted octanol–water partition coefficient (Wildman–Crippen LogP) is 2.70. The van der Waals surface area contributed by atoms with Crippen LogP contribution in [-0.2, 0) is 7.05 Å². The Balaban J connectivity index is 2.96. The molecule has 2 N–H and O–H groups in total. The number of hydrogen-bond acceptors (Lipinski definition) is 4. The molecular weight excluding hydrogens is 248 g/mol. The molecule has 0 saturated heterocycles. The number of aryl methyl sites for hydroxylation is 1. The van der Waals surface area contributed by atoms with Gasteiger partial charge in [-0.3, -0.25) is 4.57 Å². The first kappa shape index (κ1) is 9.14. The first-order chi connectivity index (χ1) is 6.65. The zero-order valence-electron chi connectivity index (χ0n) is 7.32. The number of nitrogens with one attached hydrogen (secondary N) is 1. The van der Waals surface area contributed by atoms with E-state index in [9.17, 15) is 5.11 Å². The molecule has 0 fully saturated rings. The Labute approximate surface area is 88.0 Å². The second-order valence-corrected chi connectivity index (χ2v) is 3.78. The maximum absolute atomic E-state index is 9.61. The standard InChI is InChI=1S/C8H7BrN4O/c1-13-7-5(2-4(9)3-11-7)6(12-10)8(13)14/h2-3,10,14H,1H3. The van der Waals surface area contributed by atoms with Crippen LogP contribution in [-0.4, -0.2) is 14.7 Å². The molecule has 0 bridgehead atoms. The van der Waals surface area contributed by atoms with Crippen molar-refractivity contribution >= 4 is 32.7 Å². The van der Waals surface area contributed by atoms with Crippen molar-refractivity contribution in [3.63, 3.8) is 0 Å². The van der Waals surface area contributed by atoms with E-state index in [1.807, 2.05) is 0 Å². The van der Waals surface area contributed by atoms with E-state index in [0.29, 0.717) is 11.0 Å². The molecule has 0 aliphatic carbocycles. The molecule has 0 aliphatic heterocycles. The van der Waals surface area contributed by atoms with E-state index in [0.717, 1.165) is 4.47 Å². The lowest BCUT2D eigenvalue weighted by atomic mass is 10.3. The van der Waals surface area contributed by atoms with Crippen LogP contribution in [0.4, 0.5) is 5.69 Å². The molecule has 5 nitrogen and oxygen atoms in total. The Hall–Kier alpha value is -1.43. The number of aromatic nitrogens is 2. The monoisotopic (exact) mass is 254 g/mol. The summed E-state index contributed by atoms with van der Waals surface area (Å²) in [6, 6.07) is 1.77. The molecule has 0 spiro atoms. The number of aromatic hydroxyl groups is 1. The zero-order chi connectivity index (χ0) is 10.3. The largest absolute Gasteiger partial charge is 0.493 e. The van der Waals surface area contributed by atoms with Crippen LogP contribution in [0.15, 0.2) is 21.9 Å². The molecular formula is C8H7BrN4O. The normalized spacial score (nSPS) is 10.7. The van der Waals surface area contributed by atoms with E-state index in [1.54, 1.807) is 19.3 Å². The van der Waals surface area contributed by atoms with Crippen molar-refractivity contribution in [1.82, 2.24) is 9.55 Å². The van der Waals surface area contributed by atoms with Crippen LogP contribution in [0.3, 0.4) is 0 Å². The maximum Gasteiger partial charge on any atom is 0.221 e. The average Bonchev–Trinajstić information content (AvgIpc) is 2.39. The van der Waals surface area contributed by atoms with Crippen LogP contribution in [0, 0.1) is 5.53 Å². The van der Waals surface area contributed by atoms with Gasteiger partial charge in [-0.25, -0.2) is 10.5 Å². The van der Waals surface area contributed by atoms with Gasteiger partial charge >= 0.3 is 0 Å². The van der Waals surface area contributed by atoms with Crippen molar-refractivity contribution in [2.75, 3.05) is 0 Å². The summed E-state index contributed by atoms with van der Waals surface area (Å²) in [5.74, 6) is -0.0411. The molecule has 14 heavy (non-hydrogen) atoms. The van der Waals surface area contributed by atoms with E-state index >= 15 is 0 Å². The van der Waals surface area contributed by atoms with Gasteiger partial charge < -0.3 is 5.11 Å². The Bertz CT molecular complexity index is 520. The molecule has 2 aromatic heterocycles. The lowest BCUT2D eigenvalue weighted by Gasteiger charge is -1.94. The Kier molecular flexibility index (Phi) is 1.99. The fraction of sp³-hybridized carbons (Fsp3) is 0.125. The Morgan fingerprint density at radius 2 is 2.36 bits per heavy atom. The molecule has 2 rings (SSSR count). The number of rotatable bonds is 1. The highest BCUT2D eigenvalue weighted by molar-refractivity contribution is 9.10. The van der Waals surface area contributed by atoms with Crippen molar-refractivity contribution in [2.24, 2.45) is 12.2 Å². The predicted molar refractivity (Wildman–Crippen MR) is 54.9 cm³/mol. The topological polar surface area (TPSA) is 74.3 Å². The first-order valence-electron chi connectivity index (χ1n) is 3.85. The summed E-state index contributed by atoms with van der Waals surface area (Å²) in [6.45, 7) is 0. The molecule has 0 aromatic carbocycles. The summed E-state index contributed by atoms with van der Waals surface area (Å²) in [5.41, 5.74) is 7.81. The van der Waals surface area contributed by atoms with Gasteiger partial charge in [-0.15, -0.1) is 0 Å². The second-order valence-electron chi connectivity index (χ2n) is 2.87. The smallest absolute Gasteiger partial charge is 0.221 e. The van der Waals surface area contributed by atoms with Gasteiger partial charge in [-0.2, -0.15) is 5.11 Å². The summed E-state index contributed by atoms with van der Waals surface area (Å²) in [6.07, 6.45) is 1.63. The fourth-order valence-corrected chi connectivity index (χ4v) is 1.69. The quantitative estimate of drug-likeness (QED) is 0.768. The minimum Gasteiger partial charge on any atom is -0.493 e. The number of nitrogens with zero attached hydrogens (tertiary/aromatic N) is 3. The third-order valence-electron chi connectivity index (χ3n) is 2.05. The van der Waals surface area contributed by atoms with Crippen molar-refractivity contribution in [2.45, 2.75) is 0 Å². The second kappa shape index (κ2) is 3.06. The third kappa shape index (κ3) is 1.11. The van der Waals surface area contributed by atoms with E-state index in [1.165, 1.54) is 4.57 Å². The SMILES string of the molecule is Cn1c(O)c(N=N)c2cc(Br)cnc21. The lowest BCUT2D eigenvalue weighted by molar-refractivity contribution is 0.435. The third-order valence-corrected chi connectivity index (χ3v) is 2.48. The molecule has 2 aromatic rings. The molecule has 0 atom stereocenters. The molecule has 0 aliphatic rings. The van der Waals surface area contributed by atoms with Crippen molar-refractivity contribution < 1.29 is 5.11 Å². The molecule has 0 saturated carbocycles. The van der Waals surface area contributed by atoms with Crippen molar-refractivity contribution in [1.29, 1.82) is 5.53 Å². The van der Waals surface area contributed by atoms with Gasteiger partial charge in [-0.05, 0) is 22.0 Å². The maximum atomic E-state index is 9.61. The van der Waals surface area contributed by atoms with E-state index in [4.69, 9.17) is 5.53 Å². The van der Waals surface area contributed by atoms with E-state index < -0.39 is 0 Å². The van der Waals surface area contributed by atoms with Crippen molar-refractivity contribution in [3.8, 4) is 5.88 Å². The summed E-state index contributed by atoms with van der Waals surface area (Å²) in [5, 5.41) is 13.5. The summed E-state index contributed by atoms with van der Waals surface area (Å²) < 4.78 is 2.29. The number of fused-ring (bicyclic) bond motifs is 1. The molecule has 6 heteroatoms. The van der Waals surface area contributed by atoms with Crippen LogP contribution in [0.1, 0.15) is 0 Å². The fourth-order valence-electron chi connectivity index (χ4n) is 1.36. The highest BCUT2D eigenvalue weighted by Crippen LogP contribution is 2.37. The van der Waals surface area contributed by atoms with Gasteiger partial charge in [0.15, 0.2) is 5.69 Å². The number of hydrogen-bond donors (Lipinski definition) is 2. The van der Waals surface area contributed by atoms with E-state index in [2.05, 4.69) is 26.0 Å². The Morgan fingerprint density at radius 1 is 1.64 bits per heavy atom. The van der Waals surface area contributed by atoms with Crippen LogP contribution >= 0.6 is 15.9 Å². The number of halogens is 1. The summed E-state index contributed by atoms with van der Waals surface area (Å²) in [7, 11) is 1.67. The van der Waals surface area contributed by atoms with Crippen LogP contribution in [0.25, 0.3) is 11.0 Å². The molecule has 2 heterocycles. The van der Waals surface area contributed by atoms with Crippen LogP contribution in [0.2, 0.25) is 0 Å². The lowest BCUT2D eigenvalue weighted by Crippen LogP contribution is -1.87. The number of pyridine rings is 1. The molecule has 0 radical (unpaired) electrons. The van der Waals surface area contributed by atoms with Gasteiger partial charge in [0.25, 0.3) is 0 Å². The summed E-state index contributed by atoms with van der Waals surface area (Å²) in [4.78, 5) is 4.12.